The number of nitrogens with zero attached hydrogens (tertiary/aromatic N) is 2. The van der Waals surface area contributed by atoms with Crippen LogP contribution in [-0.4, -0.2) is 28.3 Å². The van der Waals surface area contributed by atoms with Gasteiger partial charge in [0.25, 0.3) is 5.91 Å². The zero-order valence-electron chi connectivity index (χ0n) is 14.4. The number of amides is 1. The van der Waals surface area contributed by atoms with Crippen molar-refractivity contribution in [3.05, 3.63) is 81.7 Å². The number of hydrogen-bond acceptors (Lipinski definition) is 4. The standard InChI is InChI=1S/C19H14Cl2FN3O3/c20-13-5-6-16(22)14(9-13)19(27)28-11-18(26)24-17-7-8-23-25(17)10-12-3-1-2-4-15(12)21/h1-9H,10-11H2,(H,24,26). The van der Waals surface area contributed by atoms with Crippen molar-refractivity contribution in [1.82, 2.24) is 9.78 Å². The average Bonchev–Trinajstić information content (AvgIpc) is 3.10. The highest BCUT2D eigenvalue weighted by molar-refractivity contribution is 6.31. The predicted molar refractivity (Wildman–Crippen MR) is 103 cm³/mol. The van der Waals surface area contributed by atoms with E-state index in [9.17, 15) is 14.0 Å². The summed E-state index contributed by atoms with van der Waals surface area (Å²) in [7, 11) is 0. The summed E-state index contributed by atoms with van der Waals surface area (Å²) in [5.41, 5.74) is 0.482. The van der Waals surface area contributed by atoms with E-state index in [1.54, 1.807) is 12.1 Å². The summed E-state index contributed by atoms with van der Waals surface area (Å²) in [5.74, 6) is -1.97. The number of benzene rings is 2. The second kappa shape index (κ2) is 8.86. The van der Waals surface area contributed by atoms with Crippen LogP contribution >= 0.6 is 23.2 Å². The minimum absolute atomic E-state index is 0.182. The van der Waals surface area contributed by atoms with Crippen molar-refractivity contribution in [2.24, 2.45) is 0 Å². The summed E-state index contributed by atoms with van der Waals surface area (Å²) in [6.45, 7) is -0.252. The van der Waals surface area contributed by atoms with E-state index in [1.807, 2.05) is 18.2 Å². The van der Waals surface area contributed by atoms with Crippen LogP contribution < -0.4 is 5.32 Å². The van der Waals surface area contributed by atoms with Gasteiger partial charge in [-0.3, -0.25) is 4.79 Å². The second-order valence-electron chi connectivity index (χ2n) is 5.71. The fourth-order valence-corrected chi connectivity index (χ4v) is 2.76. The maximum absolute atomic E-state index is 13.7. The summed E-state index contributed by atoms with van der Waals surface area (Å²) in [5, 5.41) is 7.48. The number of hydrogen-bond donors (Lipinski definition) is 1. The minimum Gasteiger partial charge on any atom is -0.452 e. The molecule has 1 aromatic heterocycles. The van der Waals surface area contributed by atoms with E-state index in [4.69, 9.17) is 27.9 Å². The third-order valence-electron chi connectivity index (χ3n) is 3.74. The van der Waals surface area contributed by atoms with Gasteiger partial charge in [-0.25, -0.2) is 13.9 Å². The lowest BCUT2D eigenvalue weighted by molar-refractivity contribution is -0.119. The summed E-state index contributed by atoms with van der Waals surface area (Å²) < 4.78 is 20.1. The molecule has 0 saturated heterocycles. The third kappa shape index (κ3) is 4.88. The summed E-state index contributed by atoms with van der Waals surface area (Å²) in [6, 6.07) is 12.3. The van der Waals surface area contributed by atoms with Gasteiger partial charge in [0.15, 0.2) is 6.61 Å². The van der Waals surface area contributed by atoms with Crippen LogP contribution in [0.4, 0.5) is 10.2 Å². The van der Waals surface area contributed by atoms with E-state index in [-0.39, 0.29) is 10.6 Å². The molecule has 1 N–H and O–H groups in total. The molecule has 0 unspecified atom stereocenters. The number of anilines is 1. The Kier molecular flexibility index (Phi) is 6.28. The van der Waals surface area contributed by atoms with E-state index < -0.39 is 24.3 Å². The van der Waals surface area contributed by atoms with Crippen molar-refractivity contribution in [2.75, 3.05) is 11.9 Å². The van der Waals surface area contributed by atoms with Crippen LogP contribution in [0.25, 0.3) is 0 Å². The number of ether oxygens (including phenoxy) is 1. The third-order valence-corrected chi connectivity index (χ3v) is 4.35. The van der Waals surface area contributed by atoms with E-state index in [0.29, 0.717) is 17.4 Å². The van der Waals surface area contributed by atoms with Crippen molar-refractivity contribution in [1.29, 1.82) is 0 Å². The normalized spacial score (nSPS) is 10.5. The Morgan fingerprint density at radius 2 is 1.93 bits per heavy atom. The van der Waals surface area contributed by atoms with Gasteiger partial charge in [-0.15, -0.1) is 0 Å². The second-order valence-corrected chi connectivity index (χ2v) is 6.56. The fourth-order valence-electron chi connectivity index (χ4n) is 2.39. The number of nitrogens with one attached hydrogen (secondary N) is 1. The SMILES string of the molecule is O=C(COC(=O)c1cc(Cl)ccc1F)Nc1ccnn1Cc1ccccc1Cl. The number of halogens is 3. The summed E-state index contributed by atoms with van der Waals surface area (Å²) in [4.78, 5) is 24.0. The first-order valence-electron chi connectivity index (χ1n) is 8.11. The first kappa shape index (κ1) is 19.9. The Labute approximate surface area is 169 Å². The molecule has 1 amide bonds. The van der Waals surface area contributed by atoms with E-state index >= 15 is 0 Å². The average molecular weight is 422 g/mol. The summed E-state index contributed by atoms with van der Waals surface area (Å²) in [6.07, 6.45) is 1.51. The molecule has 0 aliphatic heterocycles. The highest BCUT2D eigenvalue weighted by Gasteiger charge is 2.16. The molecule has 2 aromatic carbocycles. The maximum Gasteiger partial charge on any atom is 0.341 e. The van der Waals surface area contributed by atoms with Crippen LogP contribution in [-0.2, 0) is 16.1 Å². The van der Waals surface area contributed by atoms with Crippen molar-refractivity contribution >= 4 is 40.9 Å². The Balaban J connectivity index is 1.60. The quantitative estimate of drug-likeness (QED) is 0.606. The van der Waals surface area contributed by atoms with Gasteiger partial charge in [-0.05, 0) is 29.8 Å². The topological polar surface area (TPSA) is 73.2 Å². The molecule has 1 heterocycles. The Morgan fingerprint density at radius 3 is 2.71 bits per heavy atom. The van der Waals surface area contributed by atoms with Crippen molar-refractivity contribution in [2.45, 2.75) is 6.54 Å². The monoisotopic (exact) mass is 421 g/mol. The number of esters is 1. The molecule has 144 valence electrons. The van der Waals surface area contributed by atoms with Gasteiger partial charge in [-0.1, -0.05) is 41.4 Å². The van der Waals surface area contributed by atoms with Crippen molar-refractivity contribution in [3.8, 4) is 0 Å². The van der Waals surface area contributed by atoms with Crippen molar-refractivity contribution < 1.29 is 18.7 Å². The molecule has 0 saturated carbocycles. The molecule has 9 heteroatoms. The zero-order chi connectivity index (χ0) is 20.1. The van der Waals surface area contributed by atoms with E-state index in [1.165, 1.54) is 16.9 Å². The lowest BCUT2D eigenvalue weighted by atomic mass is 10.2. The lowest BCUT2D eigenvalue weighted by Gasteiger charge is -2.10. The van der Waals surface area contributed by atoms with Gasteiger partial charge in [0.1, 0.15) is 11.6 Å². The molecule has 0 radical (unpaired) electrons. The van der Waals surface area contributed by atoms with Gasteiger partial charge in [0.05, 0.1) is 18.3 Å². The Hall–Kier alpha value is -2.90. The number of carbonyl (C=O) groups excluding carboxylic acids is 2. The van der Waals surface area contributed by atoms with Gasteiger partial charge in [-0.2, -0.15) is 5.10 Å². The largest absolute Gasteiger partial charge is 0.452 e. The molecule has 3 aromatic rings. The Bertz CT molecular complexity index is 1020. The molecule has 0 fully saturated rings. The molecule has 0 spiro atoms. The van der Waals surface area contributed by atoms with Gasteiger partial charge in [0.2, 0.25) is 0 Å². The molecule has 6 nitrogen and oxygen atoms in total. The highest BCUT2D eigenvalue weighted by atomic mass is 35.5. The Morgan fingerprint density at radius 1 is 1.14 bits per heavy atom. The van der Waals surface area contributed by atoms with Crippen LogP contribution in [0.5, 0.6) is 0 Å². The van der Waals surface area contributed by atoms with Crippen LogP contribution in [0.1, 0.15) is 15.9 Å². The van der Waals surface area contributed by atoms with Gasteiger partial charge < -0.3 is 10.1 Å². The minimum atomic E-state index is -0.986. The molecule has 3 rings (SSSR count). The number of carbonyl (C=O) groups is 2. The molecule has 0 atom stereocenters. The lowest BCUT2D eigenvalue weighted by Crippen LogP contribution is -2.23. The van der Waals surface area contributed by atoms with E-state index in [2.05, 4.69) is 10.4 Å². The first-order valence-corrected chi connectivity index (χ1v) is 8.87. The molecular weight excluding hydrogens is 408 g/mol. The number of rotatable bonds is 6. The van der Waals surface area contributed by atoms with Crippen LogP contribution in [0, 0.1) is 5.82 Å². The molecule has 0 bridgehead atoms. The van der Waals surface area contributed by atoms with Crippen molar-refractivity contribution in [3.63, 3.8) is 0 Å². The molecular formula is C19H14Cl2FN3O3. The first-order chi connectivity index (χ1) is 13.4. The van der Waals surface area contributed by atoms with Crippen LogP contribution in [0.3, 0.4) is 0 Å². The predicted octanol–water partition coefficient (Wildman–Crippen LogP) is 4.17. The fraction of sp³-hybridized carbons (Fsp3) is 0.105. The smallest absolute Gasteiger partial charge is 0.341 e. The van der Waals surface area contributed by atoms with Gasteiger partial charge in [0, 0.05) is 16.1 Å². The van der Waals surface area contributed by atoms with Gasteiger partial charge >= 0.3 is 5.97 Å². The van der Waals surface area contributed by atoms with E-state index in [0.717, 1.165) is 17.7 Å². The maximum atomic E-state index is 13.7. The van der Waals surface area contributed by atoms with Crippen LogP contribution in [0.15, 0.2) is 54.7 Å². The molecule has 0 aliphatic carbocycles. The van der Waals surface area contributed by atoms with Crippen LogP contribution in [0.2, 0.25) is 10.0 Å². The summed E-state index contributed by atoms with van der Waals surface area (Å²) >= 11 is 11.9. The highest BCUT2D eigenvalue weighted by Crippen LogP contribution is 2.18. The molecule has 0 aliphatic rings. The zero-order valence-corrected chi connectivity index (χ0v) is 15.9. The number of aromatic nitrogens is 2. The molecule has 28 heavy (non-hydrogen) atoms.